The van der Waals surface area contributed by atoms with Crippen LogP contribution in [-0.2, 0) is 0 Å². The Kier molecular flexibility index (Phi) is 2.52. The van der Waals surface area contributed by atoms with Crippen molar-refractivity contribution in [1.82, 2.24) is 5.32 Å². The van der Waals surface area contributed by atoms with Crippen LogP contribution >= 0.6 is 0 Å². The third-order valence-corrected chi connectivity index (χ3v) is 5.01. The van der Waals surface area contributed by atoms with E-state index in [4.69, 9.17) is 5.73 Å². The SMILES string of the molecule is CCCC(N)CNC1C2C3CCC(C3)C12. The van der Waals surface area contributed by atoms with Crippen LogP contribution < -0.4 is 11.1 Å². The van der Waals surface area contributed by atoms with E-state index in [0.717, 1.165) is 36.3 Å². The molecule has 0 heterocycles. The van der Waals surface area contributed by atoms with Gasteiger partial charge in [-0.1, -0.05) is 13.3 Å². The number of hydrogen-bond donors (Lipinski definition) is 2. The van der Waals surface area contributed by atoms with E-state index < -0.39 is 0 Å². The van der Waals surface area contributed by atoms with Crippen LogP contribution in [0.3, 0.4) is 0 Å². The predicted octanol–water partition coefficient (Wildman–Crippen LogP) is 1.75. The van der Waals surface area contributed by atoms with Gasteiger partial charge in [0.25, 0.3) is 0 Å². The summed E-state index contributed by atoms with van der Waals surface area (Å²) in [4.78, 5) is 0. The minimum Gasteiger partial charge on any atom is -0.327 e. The van der Waals surface area contributed by atoms with Gasteiger partial charge in [-0.2, -0.15) is 0 Å². The Balaban J connectivity index is 1.44. The van der Waals surface area contributed by atoms with Crippen molar-refractivity contribution < 1.29 is 0 Å². The van der Waals surface area contributed by atoms with E-state index in [2.05, 4.69) is 12.2 Å². The fourth-order valence-corrected chi connectivity index (χ4v) is 4.36. The first kappa shape index (κ1) is 10.1. The standard InChI is InChI=1S/C13H24N2/c1-2-3-10(14)7-15-13-11-8-4-5-9(6-8)12(11)13/h8-13,15H,2-7,14H2,1H3. The van der Waals surface area contributed by atoms with Gasteiger partial charge in [-0.05, 0) is 49.4 Å². The fraction of sp³-hybridized carbons (Fsp3) is 1.00. The first-order valence-electron chi connectivity index (χ1n) is 6.80. The van der Waals surface area contributed by atoms with E-state index in [1.807, 2.05) is 0 Å². The molecule has 0 saturated heterocycles. The molecule has 2 heteroatoms. The Morgan fingerprint density at radius 2 is 1.93 bits per heavy atom. The van der Waals surface area contributed by atoms with Crippen molar-refractivity contribution in [1.29, 1.82) is 0 Å². The topological polar surface area (TPSA) is 38.0 Å². The lowest BCUT2D eigenvalue weighted by Gasteiger charge is -2.14. The number of rotatable bonds is 5. The zero-order chi connectivity index (χ0) is 10.4. The minimum absolute atomic E-state index is 0.383. The van der Waals surface area contributed by atoms with Gasteiger partial charge in [0.1, 0.15) is 0 Å². The van der Waals surface area contributed by atoms with Gasteiger partial charge in [-0.15, -0.1) is 0 Å². The predicted molar refractivity (Wildman–Crippen MR) is 62.5 cm³/mol. The molecule has 15 heavy (non-hydrogen) atoms. The molecule has 0 radical (unpaired) electrons. The first-order chi connectivity index (χ1) is 7.31. The summed E-state index contributed by atoms with van der Waals surface area (Å²) in [6, 6.07) is 1.24. The third kappa shape index (κ3) is 1.62. The van der Waals surface area contributed by atoms with Gasteiger partial charge in [-0.3, -0.25) is 0 Å². The van der Waals surface area contributed by atoms with Crippen molar-refractivity contribution in [2.45, 2.75) is 51.1 Å². The molecule has 2 bridgehead atoms. The summed E-state index contributed by atoms with van der Waals surface area (Å²) in [6.07, 6.45) is 6.97. The zero-order valence-electron chi connectivity index (χ0n) is 9.78. The Labute approximate surface area is 93.0 Å². The largest absolute Gasteiger partial charge is 0.327 e. The molecule has 2 nitrogen and oxygen atoms in total. The van der Waals surface area contributed by atoms with Crippen molar-refractivity contribution in [3.63, 3.8) is 0 Å². The van der Waals surface area contributed by atoms with Crippen LogP contribution in [-0.4, -0.2) is 18.6 Å². The molecule has 0 aromatic heterocycles. The van der Waals surface area contributed by atoms with Gasteiger partial charge in [-0.25, -0.2) is 0 Å². The second-order valence-corrected chi connectivity index (χ2v) is 5.97. The highest BCUT2D eigenvalue weighted by Crippen LogP contribution is 2.65. The quantitative estimate of drug-likeness (QED) is 0.722. The molecule has 5 atom stereocenters. The van der Waals surface area contributed by atoms with E-state index in [9.17, 15) is 0 Å². The molecule has 0 spiro atoms. The molecule has 3 rings (SSSR count). The molecule has 3 aliphatic rings. The average Bonchev–Trinajstić information content (AvgIpc) is 2.63. The molecule has 5 unspecified atom stereocenters. The van der Waals surface area contributed by atoms with Crippen LogP contribution in [0, 0.1) is 23.7 Å². The van der Waals surface area contributed by atoms with Crippen molar-refractivity contribution in [2.24, 2.45) is 29.4 Å². The number of fused-ring (bicyclic) bond motifs is 5. The molecule has 3 saturated carbocycles. The highest BCUT2D eigenvalue weighted by molar-refractivity contribution is 5.16. The van der Waals surface area contributed by atoms with Crippen LogP contribution in [0.4, 0.5) is 0 Å². The number of nitrogens with one attached hydrogen (secondary N) is 1. The highest BCUT2D eigenvalue weighted by atomic mass is 15.0. The summed E-state index contributed by atoms with van der Waals surface area (Å²) >= 11 is 0. The monoisotopic (exact) mass is 208 g/mol. The van der Waals surface area contributed by atoms with Gasteiger partial charge in [0, 0.05) is 18.6 Å². The van der Waals surface area contributed by atoms with Gasteiger partial charge >= 0.3 is 0 Å². The smallest absolute Gasteiger partial charge is 0.0165 e. The molecule has 0 aliphatic heterocycles. The summed E-state index contributed by atoms with van der Waals surface area (Å²) in [7, 11) is 0. The van der Waals surface area contributed by atoms with E-state index in [1.54, 1.807) is 6.42 Å². The Bertz CT molecular complexity index is 225. The summed E-state index contributed by atoms with van der Waals surface area (Å²) in [6.45, 7) is 3.26. The molecule has 86 valence electrons. The fourth-order valence-electron chi connectivity index (χ4n) is 4.36. The maximum Gasteiger partial charge on any atom is 0.0165 e. The summed E-state index contributed by atoms with van der Waals surface area (Å²) in [5, 5.41) is 3.72. The molecule has 3 fully saturated rings. The molecule has 0 aromatic rings. The second-order valence-electron chi connectivity index (χ2n) is 5.97. The second kappa shape index (κ2) is 3.74. The normalized spacial score (nSPS) is 48.0. The van der Waals surface area contributed by atoms with Crippen LogP contribution in [0.1, 0.15) is 39.0 Å². The van der Waals surface area contributed by atoms with Crippen LogP contribution in [0.25, 0.3) is 0 Å². The summed E-state index contributed by atoms with van der Waals surface area (Å²) < 4.78 is 0. The molecule has 0 amide bonds. The van der Waals surface area contributed by atoms with Crippen molar-refractivity contribution in [3.8, 4) is 0 Å². The number of hydrogen-bond acceptors (Lipinski definition) is 2. The van der Waals surface area contributed by atoms with Crippen LogP contribution in [0.15, 0.2) is 0 Å². The highest BCUT2D eigenvalue weighted by Gasteiger charge is 2.64. The van der Waals surface area contributed by atoms with E-state index in [-0.39, 0.29) is 0 Å². The summed E-state index contributed by atoms with van der Waals surface area (Å²) in [5.74, 6) is 4.27. The Hall–Kier alpha value is -0.0800. The lowest BCUT2D eigenvalue weighted by atomic mass is 10.0. The lowest BCUT2D eigenvalue weighted by molar-refractivity contribution is 0.441. The van der Waals surface area contributed by atoms with Crippen LogP contribution in [0.2, 0.25) is 0 Å². The maximum absolute atomic E-state index is 6.03. The van der Waals surface area contributed by atoms with Gasteiger partial charge in [0.2, 0.25) is 0 Å². The van der Waals surface area contributed by atoms with Crippen molar-refractivity contribution in [2.75, 3.05) is 6.54 Å². The van der Waals surface area contributed by atoms with E-state index >= 15 is 0 Å². The number of nitrogens with two attached hydrogens (primary N) is 1. The zero-order valence-corrected chi connectivity index (χ0v) is 9.78. The van der Waals surface area contributed by atoms with Crippen LogP contribution in [0.5, 0.6) is 0 Å². The average molecular weight is 208 g/mol. The molecule has 3 N–H and O–H groups in total. The first-order valence-corrected chi connectivity index (χ1v) is 6.80. The molecule has 3 aliphatic carbocycles. The molecule has 0 aromatic carbocycles. The van der Waals surface area contributed by atoms with Crippen molar-refractivity contribution >= 4 is 0 Å². The van der Waals surface area contributed by atoms with Crippen molar-refractivity contribution in [3.05, 3.63) is 0 Å². The van der Waals surface area contributed by atoms with Gasteiger partial charge in [0.15, 0.2) is 0 Å². The Morgan fingerprint density at radius 1 is 1.27 bits per heavy atom. The third-order valence-electron chi connectivity index (χ3n) is 5.01. The Morgan fingerprint density at radius 3 is 2.53 bits per heavy atom. The van der Waals surface area contributed by atoms with E-state index in [1.165, 1.54) is 25.7 Å². The summed E-state index contributed by atoms with van der Waals surface area (Å²) in [5.41, 5.74) is 6.03. The maximum atomic E-state index is 6.03. The van der Waals surface area contributed by atoms with Gasteiger partial charge in [0.05, 0.1) is 0 Å². The lowest BCUT2D eigenvalue weighted by Crippen LogP contribution is -2.36. The minimum atomic E-state index is 0.383. The van der Waals surface area contributed by atoms with Gasteiger partial charge < -0.3 is 11.1 Å². The molecular formula is C13H24N2. The molecular weight excluding hydrogens is 184 g/mol. The van der Waals surface area contributed by atoms with E-state index in [0.29, 0.717) is 6.04 Å².